The van der Waals surface area contributed by atoms with Crippen molar-refractivity contribution in [3.63, 3.8) is 0 Å². The molecule has 0 radical (unpaired) electrons. The lowest BCUT2D eigenvalue weighted by atomic mass is 10.1. The predicted octanol–water partition coefficient (Wildman–Crippen LogP) is 4.34. The molecule has 21 heavy (non-hydrogen) atoms. The molecule has 0 aliphatic heterocycles. The van der Waals surface area contributed by atoms with Gasteiger partial charge in [0, 0.05) is 16.2 Å². The summed E-state index contributed by atoms with van der Waals surface area (Å²) in [7, 11) is 0. The molecular weight excluding hydrogens is 304 g/mol. The number of nitrogens with two attached hydrogens (primary N) is 1. The highest BCUT2D eigenvalue weighted by atomic mass is 35.5. The lowest BCUT2D eigenvalue weighted by Gasteiger charge is -2.07. The van der Waals surface area contributed by atoms with Gasteiger partial charge in [0.05, 0.1) is 5.02 Å². The molecule has 3 N–H and O–H groups in total. The first-order valence-electron chi connectivity index (χ1n) is 6.47. The molecule has 0 saturated heterocycles. The molecule has 0 aliphatic rings. The molecule has 0 bridgehead atoms. The lowest BCUT2D eigenvalue weighted by molar-refractivity contribution is 0.318. The van der Waals surface area contributed by atoms with E-state index in [1.54, 1.807) is 17.8 Å². The summed E-state index contributed by atoms with van der Waals surface area (Å²) in [5.41, 5.74) is 9.91. The van der Waals surface area contributed by atoms with Gasteiger partial charge in [0.1, 0.15) is 0 Å². The number of hydrogen-bond acceptors (Lipinski definition) is 3. The predicted molar refractivity (Wildman–Crippen MR) is 89.4 cm³/mol. The molecule has 2 aromatic rings. The van der Waals surface area contributed by atoms with Gasteiger partial charge in [-0.3, -0.25) is 0 Å². The summed E-state index contributed by atoms with van der Waals surface area (Å²) < 4.78 is 0. The van der Waals surface area contributed by atoms with E-state index in [0.717, 1.165) is 10.6 Å². The van der Waals surface area contributed by atoms with E-state index in [0.29, 0.717) is 10.6 Å². The number of halogens is 1. The number of nitrogens with zero attached hydrogens (tertiary/aromatic N) is 1. The van der Waals surface area contributed by atoms with Crippen molar-refractivity contribution >= 4 is 29.2 Å². The highest BCUT2D eigenvalue weighted by molar-refractivity contribution is 7.98. The SMILES string of the molecule is Cc1cc(C)cc(CSc2ccc(/C(N)=N/O)c(Cl)c2)c1. The van der Waals surface area contributed by atoms with Gasteiger partial charge >= 0.3 is 0 Å². The first-order valence-corrected chi connectivity index (χ1v) is 7.83. The third-order valence-electron chi connectivity index (χ3n) is 3.01. The molecule has 0 fully saturated rings. The Morgan fingerprint density at radius 3 is 2.43 bits per heavy atom. The Hall–Kier alpha value is -1.65. The van der Waals surface area contributed by atoms with Crippen LogP contribution in [-0.4, -0.2) is 11.0 Å². The number of thioether (sulfide) groups is 1. The van der Waals surface area contributed by atoms with Gasteiger partial charge < -0.3 is 10.9 Å². The molecule has 0 aliphatic carbocycles. The molecule has 5 heteroatoms. The van der Waals surface area contributed by atoms with Crippen LogP contribution >= 0.6 is 23.4 Å². The van der Waals surface area contributed by atoms with E-state index in [4.69, 9.17) is 22.5 Å². The first-order chi connectivity index (χ1) is 9.99. The maximum atomic E-state index is 8.69. The Bertz CT molecular complexity index is 666. The van der Waals surface area contributed by atoms with Gasteiger partial charge in [-0.05, 0) is 37.6 Å². The molecule has 0 aromatic heterocycles. The molecule has 3 nitrogen and oxygen atoms in total. The van der Waals surface area contributed by atoms with E-state index in [1.807, 2.05) is 12.1 Å². The zero-order chi connectivity index (χ0) is 15.4. The normalized spacial score (nSPS) is 11.7. The number of oxime groups is 1. The topological polar surface area (TPSA) is 58.6 Å². The van der Waals surface area contributed by atoms with Crippen LogP contribution in [-0.2, 0) is 5.75 Å². The minimum absolute atomic E-state index is 0.0193. The second-order valence-corrected chi connectivity index (χ2v) is 6.37. The van der Waals surface area contributed by atoms with Crippen molar-refractivity contribution in [1.29, 1.82) is 0 Å². The van der Waals surface area contributed by atoms with Crippen LogP contribution in [0.1, 0.15) is 22.3 Å². The Kier molecular flexibility index (Phi) is 5.15. The van der Waals surface area contributed by atoms with E-state index in [2.05, 4.69) is 37.2 Å². The minimum atomic E-state index is 0.0193. The third-order valence-corrected chi connectivity index (χ3v) is 4.39. The van der Waals surface area contributed by atoms with E-state index in [1.165, 1.54) is 16.7 Å². The van der Waals surface area contributed by atoms with Gasteiger partial charge in [0.15, 0.2) is 5.84 Å². The average Bonchev–Trinajstić information content (AvgIpc) is 2.43. The van der Waals surface area contributed by atoms with Crippen LogP contribution in [0.2, 0.25) is 5.02 Å². The molecular formula is C16H17ClN2OS. The van der Waals surface area contributed by atoms with E-state index in [-0.39, 0.29) is 5.84 Å². The van der Waals surface area contributed by atoms with Gasteiger partial charge in [-0.15, -0.1) is 11.8 Å². The Balaban J connectivity index is 2.12. The molecule has 110 valence electrons. The quantitative estimate of drug-likeness (QED) is 0.289. The van der Waals surface area contributed by atoms with Crippen LogP contribution in [0.25, 0.3) is 0 Å². The monoisotopic (exact) mass is 320 g/mol. The van der Waals surface area contributed by atoms with Gasteiger partial charge in [-0.1, -0.05) is 46.1 Å². The maximum absolute atomic E-state index is 8.69. The fraction of sp³-hybridized carbons (Fsp3) is 0.188. The van der Waals surface area contributed by atoms with Crippen molar-refractivity contribution in [2.45, 2.75) is 24.5 Å². The smallest absolute Gasteiger partial charge is 0.171 e. The zero-order valence-electron chi connectivity index (χ0n) is 11.9. The van der Waals surface area contributed by atoms with Crippen LogP contribution in [0.5, 0.6) is 0 Å². The zero-order valence-corrected chi connectivity index (χ0v) is 13.5. The van der Waals surface area contributed by atoms with Crippen LogP contribution in [0, 0.1) is 13.8 Å². The summed E-state index contributed by atoms with van der Waals surface area (Å²) in [6.07, 6.45) is 0. The summed E-state index contributed by atoms with van der Waals surface area (Å²) in [6, 6.07) is 12.1. The highest BCUT2D eigenvalue weighted by Gasteiger charge is 2.07. The van der Waals surface area contributed by atoms with Gasteiger partial charge in [-0.25, -0.2) is 0 Å². The summed E-state index contributed by atoms with van der Waals surface area (Å²) in [6.45, 7) is 4.20. The van der Waals surface area contributed by atoms with Gasteiger partial charge in [0.2, 0.25) is 0 Å². The standard InChI is InChI=1S/C16H17ClN2OS/c1-10-5-11(2)7-12(6-10)9-21-13-3-4-14(15(17)8-13)16(18)19-20/h3-8,20H,9H2,1-2H3,(H2,18,19). The third kappa shape index (κ3) is 4.16. The van der Waals surface area contributed by atoms with E-state index in [9.17, 15) is 0 Å². The van der Waals surface area contributed by atoms with Crippen LogP contribution in [0.4, 0.5) is 0 Å². The molecule has 0 saturated carbocycles. The number of aryl methyl sites for hydroxylation is 2. The van der Waals surface area contributed by atoms with Crippen LogP contribution < -0.4 is 5.73 Å². The number of hydrogen-bond donors (Lipinski definition) is 2. The fourth-order valence-corrected chi connectivity index (χ4v) is 3.37. The Morgan fingerprint density at radius 1 is 1.19 bits per heavy atom. The van der Waals surface area contributed by atoms with Crippen molar-refractivity contribution in [2.75, 3.05) is 0 Å². The molecule has 0 amide bonds. The lowest BCUT2D eigenvalue weighted by Crippen LogP contribution is -2.13. The average molecular weight is 321 g/mol. The maximum Gasteiger partial charge on any atom is 0.171 e. The van der Waals surface area contributed by atoms with Crippen molar-refractivity contribution < 1.29 is 5.21 Å². The minimum Gasteiger partial charge on any atom is -0.409 e. The molecule has 2 aromatic carbocycles. The second kappa shape index (κ2) is 6.87. The summed E-state index contributed by atoms with van der Waals surface area (Å²) in [5.74, 6) is 0.896. The van der Waals surface area contributed by atoms with Gasteiger partial charge in [0.25, 0.3) is 0 Å². The van der Waals surface area contributed by atoms with Crippen molar-refractivity contribution in [2.24, 2.45) is 10.9 Å². The summed E-state index contributed by atoms with van der Waals surface area (Å²) in [4.78, 5) is 1.05. The van der Waals surface area contributed by atoms with Crippen molar-refractivity contribution in [3.8, 4) is 0 Å². The highest BCUT2D eigenvalue weighted by Crippen LogP contribution is 2.28. The van der Waals surface area contributed by atoms with Crippen molar-refractivity contribution in [3.05, 3.63) is 63.7 Å². The van der Waals surface area contributed by atoms with Crippen LogP contribution in [0.3, 0.4) is 0 Å². The van der Waals surface area contributed by atoms with E-state index >= 15 is 0 Å². The molecule has 0 heterocycles. The first kappa shape index (κ1) is 15.7. The van der Waals surface area contributed by atoms with E-state index < -0.39 is 0 Å². The molecule has 0 atom stereocenters. The van der Waals surface area contributed by atoms with Crippen LogP contribution in [0.15, 0.2) is 46.4 Å². The molecule has 0 unspecified atom stereocenters. The molecule has 0 spiro atoms. The number of rotatable bonds is 4. The Morgan fingerprint density at radius 2 is 1.86 bits per heavy atom. The van der Waals surface area contributed by atoms with Crippen molar-refractivity contribution in [1.82, 2.24) is 0 Å². The van der Waals surface area contributed by atoms with Gasteiger partial charge in [-0.2, -0.15) is 0 Å². The largest absolute Gasteiger partial charge is 0.409 e. The fourth-order valence-electron chi connectivity index (χ4n) is 2.17. The summed E-state index contributed by atoms with van der Waals surface area (Å²) in [5, 5.41) is 12.1. The Labute approximate surface area is 133 Å². The molecule has 2 rings (SSSR count). The summed E-state index contributed by atoms with van der Waals surface area (Å²) >= 11 is 7.86. The number of amidine groups is 1. The second-order valence-electron chi connectivity index (χ2n) is 4.91. The number of benzene rings is 2.